The Morgan fingerprint density at radius 3 is 2.82 bits per heavy atom. The highest BCUT2D eigenvalue weighted by Crippen LogP contribution is 2.24. The lowest BCUT2D eigenvalue weighted by Gasteiger charge is -2.13. The topological polar surface area (TPSA) is 80.7 Å². The van der Waals surface area contributed by atoms with E-state index in [0.717, 1.165) is 40.8 Å². The number of benzene rings is 2. The number of anilines is 1. The lowest BCUT2D eigenvalue weighted by Crippen LogP contribution is -2.12. The van der Waals surface area contributed by atoms with Gasteiger partial charge in [0.1, 0.15) is 11.6 Å². The van der Waals surface area contributed by atoms with Gasteiger partial charge in [0.2, 0.25) is 0 Å². The van der Waals surface area contributed by atoms with Crippen LogP contribution < -0.4 is 10.1 Å². The van der Waals surface area contributed by atoms with E-state index in [9.17, 15) is 4.79 Å². The summed E-state index contributed by atoms with van der Waals surface area (Å²) in [7, 11) is 0. The fourth-order valence-electron chi connectivity index (χ4n) is 2.90. The Morgan fingerprint density at radius 2 is 1.96 bits per heavy atom. The molecule has 0 spiro atoms. The first-order chi connectivity index (χ1) is 13.6. The minimum atomic E-state index is -0.997. The van der Waals surface area contributed by atoms with E-state index in [1.54, 1.807) is 0 Å². The molecule has 28 heavy (non-hydrogen) atoms. The van der Waals surface area contributed by atoms with E-state index >= 15 is 0 Å². The molecule has 0 aliphatic carbocycles. The number of nitrogens with one attached hydrogen (secondary N) is 1. The van der Waals surface area contributed by atoms with Gasteiger partial charge in [-0.25, -0.2) is 9.78 Å². The molecule has 0 saturated carbocycles. The van der Waals surface area contributed by atoms with E-state index in [-0.39, 0.29) is 6.61 Å². The molecule has 0 saturated heterocycles. The fraction of sp³-hybridized carbons (Fsp3) is 0.273. The third-order valence-corrected chi connectivity index (χ3v) is 4.26. The maximum Gasteiger partial charge on any atom is 0.341 e. The molecule has 0 radical (unpaired) electrons. The van der Waals surface area contributed by atoms with Gasteiger partial charge in [0.15, 0.2) is 6.61 Å². The second-order valence-electron chi connectivity index (χ2n) is 6.47. The van der Waals surface area contributed by atoms with Crippen molar-refractivity contribution >= 4 is 22.7 Å². The molecule has 2 aromatic carbocycles. The molecule has 2 N–H and O–H groups in total. The number of ether oxygens (including phenoxy) is 2. The Hall–Kier alpha value is -3.12. The number of carbonyl (C=O) groups is 1. The quantitative estimate of drug-likeness (QED) is 0.517. The van der Waals surface area contributed by atoms with Crippen molar-refractivity contribution in [2.24, 2.45) is 0 Å². The second kappa shape index (κ2) is 9.71. The molecule has 3 aromatic rings. The van der Waals surface area contributed by atoms with Gasteiger partial charge in [0.25, 0.3) is 0 Å². The van der Waals surface area contributed by atoms with Crippen LogP contribution in [0, 0.1) is 6.92 Å². The van der Waals surface area contributed by atoms with E-state index in [4.69, 9.17) is 14.6 Å². The number of aliphatic carboxylic acids is 1. The summed E-state index contributed by atoms with van der Waals surface area (Å²) in [5, 5.41) is 13.2. The average Bonchev–Trinajstić information content (AvgIpc) is 2.69. The highest BCUT2D eigenvalue weighted by molar-refractivity contribution is 5.80. The van der Waals surface area contributed by atoms with Gasteiger partial charge in [-0.05, 0) is 37.1 Å². The van der Waals surface area contributed by atoms with Gasteiger partial charge in [0.05, 0.1) is 12.1 Å². The van der Waals surface area contributed by atoms with Crippen molar-refractivity contribution in [1.29, 1.82) is 0 Å². The largest absolute Gasteiger partial charge is 0.481 e. The third-order valence-electron chi connectivity index (χ3n) is 4.26. The van der Waals surface area contributed by atoms with Gasteiger partial charge < -0.3 is 19.9 Å². The van der Waals surface area contributed by atoms with Gasteiger partial charge >= 0.3 is 5.97 Å². The average molecular weight is 380 g/mol. The van der Waals surface area contributed by atoms with E-state index in [0.29, 0.717) is 19.0 Å². The van der Waals surface area contributed by atoms with E-state index in [1.165, 1.54) is 0 Å². The molecular formula is C22H24N2O4. The number of hydrogen-bond acceptors (Lipinski definition) is 5. The lowest BCUT2D eigenvalue weighted by molar-refractivity contribution is -0.139. The van der Waals surface area contributed by atoms with Crippen LogP contribution in [-0.4, -0.2) is 35.8 Å². The van der Waals surface area contributed by atoms with E-state index in [1.807, 2.05) is 55.5 Å². The van der Waals surface area contributed by atoms with Crippen LogP contribution in [0.3, 0.4) is 0 Å². The van der Waals surface area contributed by atoms with Crippen molar-refractivity contribution in [2.75, 3.05) is 25.1 Å². The van der Waals surface area contributed by atoms with Crippen LogP contribution in [0.1, 0.15) is 17.5 Å². The van der Waals surface area contributed by atoms with Crippen molar-refractivity contribution in [1.82, 2.24) is 4.98 Å². The highest BCUT2D eigenvalue weighted by atomic mass is 16.5. The van der Waals surface area contributed by atoms with Crippen LogP contribution in [0.25, 0.3) is 10.9 Å². The molecule has 1 heterocycles. The standard InChI is InChI=1S/C22H24N2O4/c1-16-6-4-8-18(22(16)28-15-21(25)26)14-27-13-5-12-23-20-11-10-17-7-2-3-9-19(17)24-20/h2-4,6-11H,5,12-15H2,1H3,(H,23,24)(H,25,26). The molecule has 146 valence electrons. The Morgan fingerprint density at radius 1 is 1.11 bits per heavy atom. The molecule has 0 aliphatic rings. The van der Waals surface area contributed by atoms with Crippen LogP contribution in [0.5, 0.6) is 5.75 Å². The molecule has 0 atom stereocenters. The summed E-state index contributed by atoms with van der Waals surface area (Å²) in [6.07, 6.45) is 0.825. The monoisotopic (exact) mass is 380 g/mol. The molecule has 0 unspecified atom stereocenters. The SMILES string of the molecule is Cc1cccc(COCCCNc2ccc3ccccc3n2)c1OCC(=O)O. The van der Waals surface area contributed by atoms with Crippen LogP contribution in [0.4, 0.5) is 5.82 Å². The molecule has 0 amide bonds. The molecular weight excluding hydrogens is 356 g/mol. The van der Waals surface area contributed by atoms with Gasteiger partial charge in [0, 0.05) is 24.1 Å². The molecule has 6 heteroatoms. The van der Waals surface area contributed by atoms with E-state index < -0.39 is 5.97 Å². The summed E-state index contributed by atoms with van der Waals surface area (Å²) in [4.78, 5) is 15.3. The molecule has 0 bridgehead atoms. The van der Waals surface area contributed by atoms with Gasteiger partial charge in [-0.2, -0.15) is 0 Å². The van der Waals surface area contributed by atoms with Crippen molar-refractivity contribution in [2.45, 2.75) is 20.0 Å². The number of pyridine rings is 1. The summed E-state index contributed by atoms with van der Waals surface area (Å²) < 4.78 is 11.1. The number of carboxylic acids is 1. The normalized spacial score (nSPS) is 10.8. The highest BCUT2D eigenvalue weighted by Gasteiger charge is 2.09. The van der Waals surface area contributed by atoms with Gasteiger partial charge in [-0.3, -0.25) is 0 Å². The summed E-state index contributed by atoms with van der Waals surface area (Å²) in [5.41, 5.74) is 2.72. The predicted molar refractivity (Wildman–Crippen MR) is 109 cm³/mol. The summed E-state index contributed by atoms with van der Waals surface area (Å²) in [6.45, 7) is 3.24. The van der Waals surface area contributed by atoms with Gasteiger partial charge in [-0.15, -0.1) is 0 Å². The molecule has 0 aliphatic heterocycles. The Balaban J connectivity index is 1.43. The Bertz CT molecular complexity index is 943. The lowest BCUT2D eigenvalue weighted by atomic mass is 10.1. The van der Waals surface area contributed by atoms with Crippen molar-refractivity contribution in [3.63, 3.8) is 0 Å². The summed E-state index contributed by atoms with van der Waals surface area (Å²) in [6, 6.07) is 17.7. The first-order valence-corrected chi connectivity index (χ1v) is 9.24. The van der Waals surface area contributed by atoms with Crippen molar-refractivity contribution in [3.8, 4) is 5.75 Å². The number of hydrogen-bond donors (Lipinski definition) is 2. The number of aromatic nitrogens is 1. The number of nitrogens with zero attached hydrogens (tertiary/aromatic N) is 1. The number of para-hydroxylation sites is 2. The van der Waals surface area contributed by atoms with Crippen LogP contribution >= 0.6 is 0 Å². The zero-order chi connectivity index (χ0) is 19.8. The molecule has 6 nitrogen and oxygen atoms in total. The minimum absolute atomic E-state index is 0.361. The number of rotatable bonds is 10. The van der Waals surface area contributed by atoms with E-state index in [2.05, 4.69) is 16.4 Å². The zero-order valence-corrected chi connectivity index (χ0v) is 15.9. The Kier molecular flexibility index (Phi) is 6.81. The van der Waals surface area contributed by atoms with Crippen LogP contribution in [0.2, 0.25) is 0 Å². The smallest absolute Gasteiger partial charge is 0.341 e. The number of fused-ring (bicyclic) bond motifs is 1. The minimum Gasteiger partial charge on any atom is -0.481 e. The maximum absolute atomic E-state index is 10.7. The van der Waals surface area contributed by atoms with Crippen LogP contribution in [0.15, 0.2) is 54.6 Å². The van der Waals surface area contributed by atoms with Crippen molar-refractivity contribution in [3.05, 3.63) is 65.7 Å². The zero-order valence-electron chi connectivity index (χ0n) is 15.9. The number of aryl methyl sites for hydroxylation is 1. The summed E-state index contributed by atoms with van der Waals surface area (Å²) >= 11 is 0. The fourth-order valence-corrected chi connectivity index (χ4v) is 2.90. The molecule has 0 fully saturated rings. The maximum atomic E-state index is 10.7. The Labute approximate surface area is 164 Å². The first kappa shape index (κ1) is 19.6. The summed E-state index contributed by atoms with van der Waals surface area (Å²) in [5.74, 6) is 0.439. The third kappa shape index (κ3) is 5.44. The number of carboxylic acid groups (broad SMARTS) is 1. The predicted octanol–water partition coefficient (Wildman–Crippen LogP) is 4.03. The molecule has 1 aromatic heterocycles. The van der Waals surface area contributed by atoms with Crippen molar-refractivity contribution < 1.29 is 19.4 Å². The first-order valence-electron chi connectivity index (χ1n) is 9.24. The van der Waals surface area contributed by atoms with Gasteiger partial charge in [-0.1, -0.05) is 36.4 Å². The second-order valence-corrected chi connectivity index (χ2v) is 6.47. The molecule has 3 rings (SSSR count). The van der Waals surface area contributed by atoms with Crippen LogP contribution in [-0.2, 0) is 16.1 Å².